The Bertz CT molecular complexity index is 1010. The zero-order valence-electron chi connectivity index (χ0n) is 14.8. The fourth-order valence-corrected chi connectivity index (χ4v) is 4.27. The number of aromatic amines is 1. The van der Waals surface area contributed by atoms with Crippen LogP contribution in [0.15, 0.2) is 78.3 Å². The predicted molar refractivity (Wildman–Crippen MR) is 118 cm³/mol. The average molecular weight is 392 g/mol. The van der Waals surface area contributed by atoms with Gasteiger partial charge in [-0.25, -0.2) is 0 Å². The predicted octanol–water partition coefficient (Wildman–Crippen LogP) is 5.03. The van der Waals surface area contributed by atoms with Crippen LogP contribution in [0.25, 0.3) is 10.9 Å². The summed E-state index contributed by atoms with van der Waals surface area (Å²) in [6.07, 6.45) is 2.12. The van der Waals surface area contributed by atoms with E-state index in [0.29, 0.717) is 5.11 Å². The number of hydrogen-bond acceptors (Lipinski definition) is 2. The first-order chi connectivity index (χ1) is 13.3. The number of thiocarbonyl (C=S) groups is 1. The van der Waals surface area contributed by atoms with Gasteiger partial charge in [0.2, 0.25) is 0 Å². The molecule has 2 aromatic carbocycles. The lowest BCUT2D eigenvalue weighted by Gasteiger charge is -2.18. The molecule has 0 aliphatic rings. The molecule has 0 unspecified atom stereocenters. The smallest absolute Gasteiger partial charge is 0.166 e. The number of benzene rings is 2. The number of fused-ring (bicyclic) bond motifs is 1. The molecule has 0 saturated carbocycles. The Kier molecular flexibility index (Phi) is 5.51. The summed E-state index contributed by atoms with van der Waals surface area (Å²) < 4.78 is 0. The van der Waals surface area contributed by atoms with Gasteiger partial charge in [0.1, 0.15) is 0 Å². The SMILES string of the molecule is S=C(NCc1ccccc1)NC[C@H](c1cccs1)c1c[nH]c2ccccc12. The average Bonchev–Trinajstić information content (AvgIpc) is 3.38. The second-order valence-corrected chi connectivity index (χ2v) is 7.79. The van der Waals surface area contributed by atoms with Crippen molar-refractivity contribution in [3.05, 3.63) is 94.3 Å². The first kappa shape index (κ1) is 17.8. The Hall–Kier alpha value is -2.63. The van der Waals surface area contributed by atoms with E-state index in [0.717, 1.165) is 13.1 Å². The molecule has 4 aromatic rings. The lowest BCUT2D eigenvalue weighted by Crippen LogP contribution is -2.37. The van der Waals surface area contributed by atoms with Crippen LogP contribution in [-0.2, 0) is 6.54 Å². The van der Waals surface area contributed by atoms with Crippen LogP contribution in [0.2, 0.25) is 0 Å². The van der Waals surface area contributed by atoms with Crippen molar-refractivity contribution in [3.8, 4) is 0 Å². The number of hydrogen-bond donors (Lipinski definition) is 3. The molecule has 4 rings (SSSR count). The minimum Gasteiger partial charge on any atom is -0.362 e. The molecule has 0 amide bonds. The van der Waals surface area contributed by atoms with Crippen molar-refractivity contribution in [3.63, 3.8) is 0 Å². The zero-order valence-corrected chi connectivity index (χ0v) is 16.4. The van der Waals surface area contributed by atoms with Crippen LogP contribution >= 0.6 is 23.6 Å². The van der Waals surface area contributed by atoms with Gasteiger partial charge in [0.05, 0.1) is 0 Å². The Morgan fingerprint density at radius 1 is 0.963 bits per heavy atom. The summed E-state index contributed by atoms with van der Waals surface area (Å²) in [5.41, 5.74) is 3.68. The second-order valence-electron chi connectivity index (χ2n) is 6.41. The summed E-state index contributed by atoms with van der Waals surface area (Å²) in [5.74, 6) is 0.248. The number of aromatic nitrogens is 1. The van der Waals surface area contributed by atoms with Gasteiger partial charge < -0.3 is 15.6 Å². The molecule has 0 fully saturated rings. The number of rotatable bonds is 6. The van der Waals surface area contributed by atoms with Gasteiger partial charge in [0.15, 0.2) is 5.11 Å². The normalized spacial score (nSPS) is 12.0. The first-order valence-corrected chi connectivity index (χ1v) is 10.2. The van der Waals surface area contributed by atoms with E-state index in [2.05, 4.69) is 75.7 Å². The monoisotopic (exact) mass is 391 g/mol. The zero-order chi connectivity index (χ0) is 18.5. The summed E-state index contributed by atoms with van der Waals surface area (Å²) in [7, 11) is 0. The van der Waals surface area contributed by atoms with Gasteiger partial charge in [0.25, 0.3) is 0 Å². The van der Waals surface area contributed by atoms with Crippen LogP contribution in [-0.4, -0.2) is 16.6 Å². The molecule has 136 valence electrons. The summed E-state index contributed by atoms with van der Waals surface area (Å²) in [6.45, 7) is 1.48. The number of nitrogens with one attached hydrogen (secondary N) is 3. The van der Waals surface area contributed by atoms with Crippen LogP contribution in [0.5, 0.6) is 0 Å². The molecular formula is C22H21N3S2. The molecule has 3 nitrogen and oxygen atoms in total. The lowest BCUT2D eigenvalue weighted by atomic mass is 9.97. The van der Waals surface area contributed by atoms with Crippen LogP contribution in [0.4, 0.5) is 0 Å². The van der Waals surface area contributed by atoms with Crippen molar-refractivity contribution < 1.29 is 0 Å². The third-order valence-corrected chi connectivity index (χ3v) is 5.92. The Labute approximate surface area is 168 Å². The molecule has 3 N–H and O–H groups in total. The fraction of sp³-hybridized carbons (Fsp3) is 0.136. The summed E-state index contributed by atoms with van der Waals surface area (Å²) in [6, 6.07) is 23.0. The Morgan fingerprint density at radius 3 is 2.59 bits per heavy atom. The molecule has 2 heterocycles. The van der Waals surface area contributed by atoms with E-state index in [4.69, 9.17) is 12.2 Å². The number of para-hydroxylation sites is 1. The van der Waals surface area contributed by atoms with Gasteiger partial charge in [-0.2, -0.15) is 0 Å². The summed E-state index contributed by atoms with van der Waals surface area (Å²) in [4.78, 5) is 4.72. The largest absolute Gasteiger partial charge is 0.362 e. The van der Waals surface area contributed by atoms with Crippen molar-refractivity contribution in [1.29, 1.82) is 0 Å². The molecule has 1 atom stereocenters. The molecule has 5 heteroatoms. The van der Waals surface area contributed by atoms with E-state index in [9.17, 15) is 0 Å². The van der Waals surface area contributed by atoms with Gasteiger partial charge in [-0.3, -0.25) is 0 Å². The number of H-pyrrole nitrogens is 1. The molecule has 0 radical (unpaired) electrons. The second kappa shape index (κ2) is 8.37. The molecule has 0 aliphatic carbocycles. The van der Waals surface area contributed by atoms with E-state index in [-0.39, 0.29) is 5.92 Å². The quantitative estimate of drug-likeness (QED) is 0.404. The molecule has 0 saturated heterocycles. The van der Waals surface area contributed by atoms with E-state index in [1.165, 1.54) is 26.9 Å². The van der Waals surface area contributed by atoms with E-state index in [1.807, 2.05) is 18.2 Å². The molecule has 2 aromatic heterocycles. The van der Waals surface area contributed by atoms with Gasteiger partial charge in [-0.05, 0) is 40.9 Å². The Morgan fingerprint density at radius 2 is 1.78 bits per heavy atom. The third kappa shape index (κ3) is 4.21. The maximum Gasteiger partial charge on any atom is 0.166 e. The lowest BCUT2D eigenvalue weighted by molar-refractivity contribution is 0.752. The first-order valence-electron chi connectivity index (χ1n) is 8.96. The van der Waals surface area contributed by atoms with Gasteiger partial charge in [-0.1, -0.05) is 54.6 Å². The highest BCUT2D eigenvalue weighted by Crippen LogP contribution is 2.32. The summed E-state index contributed by atoms with van der Waals surface area (Å²) >= 11 is 7.28. The van der Waals surface area contributed by atoms with Crippen molar-refractivity contribution in [2.45, 2.75) is 12.5 Å². The van der Waals surface area contributed by atoms with Crippen molar-refractivity contribution >= 4 is 39.6 Å². The van der Waals surface area contributed by atoms with Crippen molar-refractivity contribution in [1.82, 2.24) is 15.6 Å². The van der Waals surface area contributed by atoms with E-state index >= 15 is 0 Å². The highest BCUT2D eigenvalue weighted by atomic mass is 32.1. The molecule has 0 spiro atoms. The molecular weight excluding hydrogens is 370 g/mol. The number of thiophene rings is 1. The molecule has 27 heavy (non-hydrogen) atoms. The van der Waals surface area contributed by atoms with Crippen LogP contribution in [0.1, 0.15) is 21.9 Å². The summed E-state index contributed by atoms with van der Waals surface area (Å²) in [5, 5.41) is 10.8. The van der Waals surface area contributed by atoms with Crippen molar-refractivity contribution in [2.24, 2.45) is 0 Å². The van der Waals surface area contributed by atoms with Crippen LogP contribution in [0, 0.1) is 0 Å². The van der Waals surface area contributed by atoms with Crippen LogP contribution in [0.3, 0.4) is 0 Å². The van der Waals surface area contributed by atoms with E-state index < -0.39 is 0 Å². The minimum atomic E-state index is 0.248. The maximum absolute atomic E-state index is 5.50. The Balaban J connectivity index is 1.47. The van der Waals surface area contributed by atoms with Gasteiger partial charge in [0, 0.05) is 41.0 Å². The highest BCUT2D eigenvalue weighted by molar-refractivity contribution is 7.80. The molecule has 0 bridgehead atoms. The van der Waals surface area contributed by atoms with Crippen LogP contribution < -0.4 is 10.6 Å². The van der Waals surface area contributed by atoms with Gasteiger partial charge >= 0.3 is 0 Å². The van der Waals surface area contributed by atoms with Gasteiger partial charge in [-0.15, -0.1) is 11.3 Å². The standard InChI is InChI=1S/C22H21N3S2/c26-22(24-13-16-7-2-1-3-8-16)25-15-19(21-11-6-12-27-21)18-14-23-20-10-5-4-9-17(18)20/h1-12,14,19,23H,13,15H2,(H2,24,25,26)/t19-/m0/s1. The minimum absolute atomic E-state index is 0.248. The van der Waals surface area contributed by atoms with Crippen molar-refractivity contribution in [2.75, 3.05) is 6.54 Å². The fourth-order valence-electron chi connectivity index (χ4n) is 3.27. The molecule has 0 aliphatic heterocycles. The highest BCUT2D eigenvalue weighted by Gasteiger charge is 2.19. The van der Waals surface area contributed by atoms with E-state index in [1.54, 1.807) is 11.3 Å². The topological polar surface area (TPSA) is 39.8 Å². The third-order valence-electron chi connectivity index (χ3n) is 4.65. The maximum atomic E-state index is 5.50.